The molecule has 0 aromatic rings. The molecular weight excluding hydrogens is 208 g/mol. The second-order valence-corrected chi connectivity index (χ2v) is 10.8. The van der Waals surface area contributed by atoms with E-state index in [1.165, 1.54) is 24.8 Å². The molecule has 0 saturated heterocycles. The molecule has 0 rings (SSSR count). The van der Waals surface area contributed by atoms with Gasteiger partial charge in [0.1, 0.15) is 8.07 Å². The molecule has 0 bridgehead atoms. The lowest BCUT2D eigenvalue weighted by Gasteiger charge is -2.08. The average molecular weight is 236 g/mol. The summed E-state index contributed by atoms with van der Waals surface area (Å²) in [6, 6.07) is 0. The quantitative estimate of drug-likeness (QED) is 0.357. The van der Waals surface area contributed by atoms with E-state index in [4.69, 9.17) is 0 Å². The molecule has 0 heterocycles. The fourth-order valence-corrected chi connectivity index (χ4v) is 2.10. The third kappa shape index (κ3) is 11.6. The van der Waals surface area contributed by atoms with Gasteiger partial charge in [-0.2, -0.15) is 0 Å². The molecule has 0 aromatic carbocycles. The molecule has 0 radical (unpaired) electrons. The van der Waals surface area contributed by atoms with E-state index >= 15 is 0 Å². The van der Waals surface area contributed by atoms with Crippen LogP contribution in [-0.2, 0) is 0 Å². The lowest BCUT2D eigenvalue weighted by Crippen LogP contribution is -2.16. The van der Waals surface area contributed by atoms with E-state index < -0.39 is 8.07 Å². The second kappa shape index (κ2) is 7.74. The molecule has 0 aliphatic rings. The highest BCUT2D eigenvalue weighted by atomic mass is 28.3. The molecule has 0 fully saturated rings. The summed E-state index contributed by atoms with van der Waals surface area (Å²) >= 11 is 0. The SMILES string of the molecule is CC(C)=CCC[C@@H](C)CCC#C[Si](C)(C)C. The van der Waals surface area contributed by atoms with E-state index in [0.717, 1.165) is 12.3 Å². The maximum Gasteiger partial charge on any atom is 0.129 e. The summed E-state index contributed by atoms with van der Waals surface area (Å²) in [6.07, 6.45) is 7.21. The smallest absolute Gasteiger partial charge is 0.129 e. The lowest BCUT2D eigenvalue weighted by atomic mass is 9.99. The van der Waals surface area contributed by atoms with Gasteiger partial charge in [-0.3, -0.25) is 0 Å². The van der Waals surface area contributed by atoms with Crippen LogP contribution in [0, 0.1) is 17.4 Å². The van der Waals surface area contributed by atoms with Crippen molar-refractivity contribution in [2.24, 2.45) is 5.92 Å². The molecule has 0 aliphatic heterocycles. The zero-order chi connectivity index (χ0) is 12.6. The van der Waals surface area contributed by atoms with Crippen molar-refractivity contribution in [3.63, 3.8) is 0 Å². The first-order valence-electron chi connectivity index (χ1n) is 6.44. The van der Waals surface area contributed by atoms with E-state index in [9.17, 15) is 0 Å². The molecule has 16 heavy (non-hydrogen) atoms. The first kappa shape index (κ1) is 15.5. The summed E-state index contributed by atoms with van der Waals surface area (Å²) in [4.78, 5) is 0. The van der Waals surface area contributed by atoms with E-state index in [-0.39, 0.29) is 0 Å². The molecule has 0 aromatic heterocycles. The van der Waals surface area contributed by atoms with Crippen molar-refractivity contribution in [3.8, 4) is 11.5 Å². The fourth-order valence-electron chi connectivity index (χ4n) is 1.45. The van der Waals surface area contributed by atoms with Crippen molar-refractivity contribution in [1.29, 1.82) is 0 Å². The van der Waals surface area contributed by atoms with Gasteiger partial charge < -0.3 is 0 Å². The van der Waals surface area contributed by atoms with Crippen LogP contribution in [0.25, 0.3) is 0 Å². The number of hydrogen-bond donors (Lipinski definition) is 0. The van der Waals surface area contributed by atoms with E-state index in [2.05, 4.69) is 58.0 Å². The Balaban J connectivity index is 3.69. The number of allylic oxidation sites excluding steroid dienone is 2. The maximum atomic E-state index is 3.43. The van der Waals surface area contributed by atoms with Crippen LogP contribution in [0.15, 0.2) is 11.6 Å². The standard InChI is InChI=1S/C15H28Si/c1-14(2)10-9-12-15(3)11-7-8-13-16(4,5)6/h10,15H,7,9,11-12H2,1-6H3/t15-/m0/s1. The monoisotopic (exact) mass is 236 g/mol. The molecule has 0 unspecified atom stereocenters. The van der Waals surface area contributed by atoms with Crippen LogP contribution in [0.4, 0.5) is 0 Å². The van der Waals surface area contributed by atoms with Crippen LogP contribution >= 0.6 is 0 Å². The lowest BCUT2D eigenvalue weighted by molar-refractivity contribution is 0.504. The van der Waals surface area contributed by atoms with E-state index in [1.807, 2.05) is 0 Å². The minimum Gasteiger partial charge on any atom is -0.132 e. The molecule has 0 nitrogen and oxygen atoms in total. The molecule has 0 N–H and O–H groups in total. The van der Waals surface area contributed by atoms with Crippen molar-refractivity contribution in [2.45, 2.75) is 66.1 Å². The van der Waals surface area contributed by atoms with Gasteiger partial charge in [0.15, 0.2) is 0 Å². The van der Waals surface area contributed by atoms with Gasteiger partial charge in [-0.05, 0) is 39.0 Å². The molecule has 92 valence electrons. The molecule has 0 amide bonds. The largest absolute Gasteiger partial charge is 0.132 e. The Morgan fingerprint density at radius 3 is 2.31 bits per heavy atom. The molecule has 0 aliphatic carbocycles. The number of hydrogen-bond acceptors (Lipinski definition) is 0. The van der Waals surface area contributed by atoms with Crippen LogP contribution in [-0.4, -0.2) is 8.07 Å². The van der Waals surface area contributed by atoms with Gasteiger partial charge in [-0.1, -0.05) is 38.2 Å². The van der Waals surface area contributed by atoms with Crippen molar-refractivity contribution in [3.05, 3.63) is 11.6 Å². The van der Waals surface area contributed by atoms with Crippen molar-refractivity contribution in [2.75, 3.05) is 0 Å². The van der Waals surface area contributed by atoms with E-state index in [1.54, 1.807) is 0 Å². The van der Waals surface area contributed by atoms with Gasteiger partial charge in [0, 0.05) is 6.42 Å². The minimum absolute atomic E-state index is 0.812. The molecule has 1 atom stereocenters. The van der Waals surface area contributed by atoms with Crippen molar-refractivity contribution < 1.29 is 0 Å². The summed E-state index contributed by atoms with van der Waals surface area (Å²) < 4.78 is 0. The molecular formula is C15H28Si. The van der Waals surface area contributed by atoms with Gasteiger partial charge in [0.25, 0.3) is 0 Å². The fraction of sp³-hybridized carbons (Fsp3) is 0.733. The Labute approximate surface area is 104 Å². The first-order chi connectivity index (χ1) is 7.31. The average Bonchev–Trinajstić information content (AvgIpc) is 2.10. The van der Waals surface area contributed by atoms with Gasteiger partial charge in [0.2, 0.25) is 0 Å². The maximum absolute atomic E-state index is 3.43. The van der Waals surface area contributed by atoms with E-state index in [0.29, 0.717) is 0 Å². The summed E-state index contributed by atoms with van der Waals surface area (Å²) in [5.74, 6) is 4.16. The van der Waals surface area contributed by atoms with Crippen LogP contribution in [0.1, 0.15) is 46.5 Å². The topological polar surface area (TPSA) is 0 Å². The Hall–Kier alpha value is -0.483. The summed E-state index contributed by atoms with van der Waals surface area (Å²) in [6.45, 7) is 13.6. The first-order valence-corrected chi connectivity index (χ1v) is 9.94. The van der Waals surface area contributed by atoms with Crippen LogP contribution in [0.5, 0.6) is 0 Å². The second-order valence-electron chi connectivity index (χ2n) is 6.05. The van der Waals surface area contributed by atoms with Crippen molar-refractivity contribution in [1.82, 2.24) is 0 Å². The Morgan fingerprint density at radius 1 is 1.19 bits per heavy atom. The van der Waals surface area contributed by atoms with Crippen LogP contribution < -0.4 is 0 Å². The van der Waals surface area contributed by atoms with Gasteiger partial charge in [0.05, 0.1) is 0 Å². The summed E-state index contributed by atoms with van der Waals surface area (Å²) in [7, 11) is -1.14. The Bertz CT molecular complexity index is 266. The highest BCUT2D eigenvalue weighted by Crippen LogP contribution is 2.13. The van der Waals surface area contributed by atoms with Crippen LogP contribution in [0.2, 0.25) is 19.6 Å². The van der Waals surface area contributed by atoms with Gasteiger partial charge in [-0.25, -0.2) is 0 Å². The molecule has 0 saturated carbocycles. The normalized spacial score (nSPS) is 12.6. The van der Waals surface area contributed by atoms with Crippen molar-refractivity contribution >= 4 is 8.07 Å². The summed E-state index contributed by atoms with van der Waals surface area (Å²) in [5.41, 5.74) is 4.86. The predicted octanol–water partition coefficient (Wildman–Crippen LogP) is 5.03. The molecule has 0 spiro atoms. The zero-order valence-electron chi connectivity index (χ0n) is 12.0. The zero-order valence-corrected chi connectivity index (χ0v) is 13.0. The highest BCUT2D eigenvalue weighted by Gasteiger charge is 2.07. The van der Waals surface area contributed by atoms with Crippen LogP contribution in [0.3, 0.4) is 0 Å². The molecule has 1 heteroatoms. The third-order valence-corrected chi connectivity index (χ3v) is 3.36. The van der Waals surface area contributed by atoms with Gasteiger partial charge >= 0.3 is 0 Å². The Morgan fingerprint density at radius 2 is 1.81 bits per heavy atom. The third-order valence-electron chi connectivity index (χ3n) is 2.44. The number of rotatable bonds is 5. The predicted molar refractivity (Wildman–Crippen MR) is 78.2 cm³/mol. The van der Waals surface area contributed by atoms with Gasteiger partial charge in [-0.15, -0.1) is 11.5 Å². The highest BCUT2D eigenvalue weighted by molar-refractivity contribution is 6.83. The summed E-state index contributed by atoms with van der Waals surface area (Å²) in [5, 5.41) is 0. The Kier molecular flexibility index (Phi) is 7.50. The minimum atomic E-state index is -1.14.